The van der Waals surface area contributed by atoms with Crippen molar-refractivity contribution >= 4 is 63.1 Å². The summed E-state index contributed by atoms with van der Waals surface area (Å²) in [6.45, 7) is 0. The highest BCUT2D eigenvalue weighted by Gasteiger charge is 2.04. The summed E-state index contributed by atoms with van der Waals surface area (Å²) >= 11 is 9.51. The molecule has 8 aromatic rings. The van der Waals surface area contributed by atoms with Crippen molar-refractivity contribution in [1.82, 2.24) is 9.97 Å². The number of fused-ring (bicyclic) bond motifs is 2. The molecule has 2 heterocycles. The molecular formula is C43H37ClN4S. The molecule has 0 atom stereocenters. The lowest BCUT2D eigenvalue weighted by molar-refractivity contribution is 1.40. The molecule has 0 aliphatic heterocycles. The number of nitrogens with two attached hydrogens (primary N) is 1. The highest BCUT2D eigenvalue weighted by molar-refractivity contribution is 7.79. The van der Waals surface area contributed by atoms with Crippen LogP contribution in [0.1, 0.15) is 0 Å². The molecule has 0 fully saturated rings. The number of aromatic nitrogens is 2. The Hall–Kier alpha value is -5.62. The number of benzene rings is 6. The van der Waals surface area contributed by atoms with Gasteiger partial charge in [0, 0.05) is 44.0 Å². The number of hydrogen-bond acceptors (Lipinski definition) is 5. The van der Waals surface area contributed by atoms with Gasteiger partial charge in [-0.05, 0) is 79.1 Å². The smallest absolute Gasteiger partial charge is 0.0710 e. The van der Waals surface area contributed by atoms with Crippen molar-refractivity contribution in [2.24, 2.45) is 0 Å². The van der Waals surface area contributed by atoms with Gasteiger partial charge in [-0.3, -0.25) is 0 Å². The summed E-state index contributed by atoms with van der Waals surface area (Å²) < 4.78 is 0. The molecule has 0 radical (unpaired) electrons. The first-order chi connectivity index (χ1) is 24.1. The van der Waals surface area contributed by atoms with E-state index in [1.54, 1.807) is 6.26 Å². The quantitative estimate of drug-likeness (QED) is 0.128. The van der Waals surface area contributed by atoms with Crippen molar-refractivity contribution in [2.75, 3.05) is 17.3 Å². The number of halogens is 1. The van der Waals surface area contributed by atoms with Gasteiger partial charge in [-0.2, -0.15) is 12.6 Å². The van der Waals surface area contributed by atoms with E-state index in [-0.39, 0.29) is 0 Å². The largest absolute Gasteiger partial charge is 0.399 e. The van der Waals surface area contributed by atoms with Gasteiger partial charge in [0.1, 0.15) is 0 Å². The summed E-state index contributed by atoms with van der Waals surface area (Å²) in [6, 6.07) is 60.3. The molecule has 4 nitrogen and oxygen atoms in total. The molecule has 0 aliphatic rings. The summed E-state index contributed by atoms with van der Waals surface area (Å²) in [5, 5.41) is 6.47. The second kappa shape index (κ2) is 18.1. The average Bonchev–Trinajstić information content (AvgIpc) is 3.17. The normalized spacial score (nSPS) is 10.0. The molecule has 0 amide bonds. The Morgan fingerprint density at radius 1 is 0.469 bits per heavy atom. The van der Waals surface area contributed by atoms with Crippen LogP contribution < -0.4 is 11.1 Å². The van der Waals surface area contributed by atoms with Crippen LogP contribution in [0.4, 0.5) is 17.1 Å². The van der Waals surface area contributed by atoms with Gasteiger partial charge in [-0.1, -0.05) is 121 Å². The maximum Gasteiger partial charge on any atom is 0.0710 e. The Morgan fingerprint density at radius 2 is 0.939 bits per heavy atom. The standard InChI is InChI=1S/C21H16N2.C15H10ClN.C6H7N.CH4S/c1-2-9-18(10-3-1)22-19-11-6-8-17(15-19)21-14-13-16-7-4-5-12-20(16)23-21;16-13-6-3-5-12(10-13)15-9-8-11-4-1-2-7-14(11)17-15;7-6-4-2-1-3-5-6;1-2/h1-15,22H;1-10H;1-5H,7H2;2H,1H3. The van der Waals surface area contributed by atoms with E-state index in [0.29, 0.717) is 0 Å². The fraction of sp³-hybridized carbons (Fsp3) is 0.0233. The third-order valence-electron chi connectivity index (χ3n) is 7.34. The third-order valence-corrected chi connectivity index (χ3v) is 7.57. The zero-order valence-electron chi connectivity index (χ0n) is 27.1. The topological polar surface area (TPSA) is 63.8 Å². The molecule has 49 heavy (non-hydrogen) atoms. The number of hydrogen-bond donors (Lipinski definition) is 3. The first kappa shape index (κ1) is 34.7. The predicted octanol–water partition coefficient (Wildman–Crippen LogP) is 12.0. The van der Waals surface area contributed by atoms with Crippen LogP contribution >= 0.6 is 24.2 Å². The van der Waals surface area contributed by atoms with Gasteiger partial charge < -0.3 is 11.1 Å². The summed E-state index contributed by atoms with van der Waals surface area (Å²) in [7, 11) is 0. The van der Waals surface area contributed by atoms with Gasteiger partial charge in [0.2, 0.25) is 0 Å². The lowest BCUT2D eigenvalue weighted by Crippen LogP contribution is -1.91. The Bertz CT molecular complexity index is 2210. The number of pyridine rings is 2. The number of nitrogens with zero attached hydrogens (tertiary/aromatic N) is 2. The second-order valence-corrected chi connectivity index (χ2v) is 11.2. The van der Waals surface area contributed by atoms with Gasteiger partial charge in [0.05, 0.1) is 22.4 Å². The average molecular weight is 677 g/mol. The lowest BCUT2D eigenvalue weighted by atomic mass is 10.1. The van der Waals surface area contributed by atoms with Crippen LogP contribution in [0, 0.1) is 0 Å². The number of nitrogen functional groups attached to an aromatic ring is 1. The zero-order chi connectivity index (χ0) is 34.3. The minimum atomic E-state index is 0.734. The van der Waals surface area contributed by atoms with Crippen LogP contribution in [0.2, 0.25) is 5.02 Å². The molecular weight excluding hydrogens is 640 g/mol. The molecule has 0 bridgehead atoms. The van der Waals surface area contributed by atoms with Crippen LogP contribution in [0.15, 0.2) is 182 Å². The van der Waals surface area contributed by atoms with E-state index in [9.17, 15) is 0 Å². The molecule has 6 heteroatoms. The van der Waals surface area contributed by atoms with Crippen molar-refractivity contribution in [1.29, 1.82) is 0 Å². The van der Waals surface area contributed by atoms with Gasteiger partial charge in [0.15, 0.2) is 0 Å². The van der Waals surface area contributed by atoms with Crippen molar-refractivity contribution < 1.29 is 0 Å². The van der Waals surface area contributed by atoms with Crippen LogP contribution in [-0.2, 0) is 0 Å². The lowest BCUT2D eigenvalue weighted by Gasteiger charge is -2.09. The Morgan fingerprint density at radius 3 is 1.47 bits per heavy atom. The van der Waals surface area contributed by atoms with Crippen molar-refractivity contribution in [3.8, 4) is 22.5 Å². The van der Waals surface area contributed by atoms with Gasteiger partial charge >= 0.3 is 0 Å². The number of para-hydroxylation sites is 4. The minimum absolute atomic E-state index is 0.734. The highest BCUT2D eigenvalue weighted by Crippen LogP contribution is 2.26. The predicted molar refractivity (Wildman–Crippen MR) is 215 cm³/mol. The third kappa shape index (κ3) is 10.2. The van der Waals surface area contributed by atoms with E-state index in [0.717, 1.165) is 66.4 Å². The van der Waals surface area contributed by atoms with Gasteiger partial charge in [-0.25, -0.2) is 9.97 Å². The van der Waals surface area contributed by atoms with Crippen molar-refractivity contribution in [2.45, 2.75) is 0 Å². The second-order valence-electron chi connectivity index (χ2n) is 10.8. The Balaban J connectivity index is 0.000000157. The molecule has 0 aliphatic carbocycles. The highest BCUT2D eigenvalue weighted by atomic mass is 35.5. The van der Waals surface area contributed by atoms with E-state index in [2.05, 4.69) is 89.7 Å². The maximum atomic E-state index is 5.99. The number of thiol groups is 1. The van der Waals surface area contributed by atoms with Crippen molar-refractivity contribution in [3.63, 3.8) is 0 Å². The van der Waals surface area contributed by atoms with Crippen LogP contribution in [-0.4, -0.2) is 16.2 Å². The molecule has 2 aromatic heterocycles. The summed E-state index contributed by atoms with van der Waals surface area (Å²) in [5.74, 6) is 0. The van der Waals surface area contributed by atoms with E-state index in [1.165, 1.54) is 0 Å². The van der Waals surface area contributed by atoms with Crippen LogP contribution in [0.25, 0.3) is 44.3 Å². The fourth-order valence-corrected chi connectivity index (χ4v) is 5.19. The maximum absolute atomic E-state index is 5.99. The molecule has 8 rings (SSSR count). The van der Waals surface area contributed by atoms with Gasteiger partial charge in [0.25, 0.3) is 0 Å². The summed E-state index contributed by atoms with van der Waals surface area (Å²) in [6.07, 6.45) is 1.69. The van der Waals surface area contributed by atoms with E-state index in [4.69, 9.17) is 22.3 Å². The zero-order valence-corrected chi connectivity index (χ0v) is 28.8. The molecule has 0 unspecified atom stereocenters. The summed E-state index contributed by atoms with van der Waals surface area (Å²) in [5.41, 5.74) is 14.4. The van der Waals surface area contributed by atoms with Crippen molar-refractivity contribution in [3.05, 3.63) is 187 Å². The summed E-state index contributed by atoms with van der Waals surface area (Å²) in [4.78, 5) is 9.39. The number of rotatable bonds is 4. The molecule has 242 valence electrons. The molecule has 0 saturated heterocycles. The number of nitrogens with one attached hydrogen (secondary N) is 1. The van der Waals surface area contributed by atoms with Crippen LogP contribution in [0.5, 0.6) is 0 Å². The Labute approximate surface area is 298 Å². The fourth-order valence-electron chi connectivity index (χ4n) is 5.00. The first-order valence-corrected chi connectivity index (χ1v) is 17.0. The van der Waals surface area contributed by atoms with E-state index in [1.807, 2.05) is 115 Å². The molecule has 0 spiro atoms. The van der Waals surface area contributed by atoms with E-state index >= 15 is 0 Å². The minimum Gasteiger partial charge on any atom is -0.399 e. The SMILES string of the molecule is CS.Clc1cccc(-c2ccc3ccccc3n2)c1.Nc1ccccc1.c1ccc(Nc2cccc(-c3ccc4ccccc4n3)c2)cc1. The van der Waals surface area contributed by atoms with Crippen LogP contribution in [0.3, 0.4) is 0 Å². The number of anilines is 3. The molecule has 6 aromatic carbocycles. The molecule has 0 saturated carbocycles. The first-order valence-electron chi connectivity index (χ1n) is 15.8. The monoisotopic (exact) mass is 676 g/mol. The Kier molecular flexibility index (Phi) is 12.8. The molecule has 3 N–H and O–H groups in total. The van der Waals surface area contributed by atoms with Gasteiger partial charge in [-0.15, -0.1) is 0 Å². The van der Waals surface area contributed by atoms with E-state index < -0.39 is 0 Å².